The molecule has 0 aliphatic carbocycles. The first-order valence-electron chi connectivity index (χ1n) is 13.9. The Bertz CT molecular complexity index is 696. The van der Waals surface area contributed by atoms with Gasteiger partial charge in [-0.1, -0.05) is 104 Å². The van der Waals surface area contributed by atoms with E-state index in [1.54, 1.807) is 0 Å². The quantitative estimate of drug-likeness (QED) is 0.188. The lowest BCUT2D eigenvalue weighted by Gasteiger charge is -2.08. The molecule has 1 heterocycles. The maximum absolute atomic E-state index is 5.93. The van der Waals surface area contributed by atoms with Crippen molar-refractivity contribution in [2.45, 2.75) is 123 Å². The lowest BCUT2D eigenvalue weighted by molar-refractivity contribution is 0.304. The van der Waals surface area contributed by atoms with Gasteiger partial charge in [-0.25, -0.2) is 0 Å². The van der Waals surface area contributed by atoms with Crippen molar-refractivity contribution in [2.75, 3.05) is 6.61 Å². The molecule has 2 rings (SSSR count). The Kier molecular flexibility index (Phi) is 15.3. The van der Waals surface area contributed by atoms with Gasteiger partial charge in [-0.05, 0) is 55.7 Å². The Morgan fingerprint density at radius 1 is 0.545 bits per heavy atom. The van der Waals surface area contributed by atoms with Gasteiger partial charge >= 0.3 is 0 Å². The fourth-order valence-electron chi connectivity index (χ4n) is 4.24. The fraction of sp³-hybridized carbons (Fsp3) is 0.667. The summed E-state index contributed by atoms with van der Waals surface area (Å²) >= 11 is 0. The summed E-state index contributed by atoms with van der Waals surface area (Å²) in [6.07, 6.45) is 22.4. The zero-order valence-corrected chi connectivity index (χ0v) is 21.5. The standard InChI is InChI=1S/C30H48N2O/c1-3-5-7-9-11-12-13-14-16-18-26-33-29-23-20-27(21-24-29)30-25-22-28(31-32-30)19-17-15-10-8-6-4-2/h20-25H,3-19,26H2,1-2H3. The summed E-state index contributed by atoms with van der Waals surface area (Å²) in [6, 6.07) is 12.5. The van der Waals surface area contributed by atoms with Crippen LogP contribution < -0.4 is 4.74 Å². The van der Waals surface area contributed by atoms with Crippen LogP contribution >= 0.6 is 0 Å². The van der Waals surface area contributed by atoms with Gasteiger partial charge in [0.25, 0.3) is 0 Å². The summed E-state index contributed by atoms with van der Waals surface area (Å²) in [5.74, 6) is 0.947. The van der Waals surface area contributed by atoms with Gasteiger partial charge in [0, 0.05) is 5.56 Å². The third kappa shape index (κ3) is 12.8. The predicted octanol–water partition coefficient (Wildman–Crippen LogP) is 9.35. The van der Waals surface area contributed by atoms with Crippen molar-refractivity contribution in [3.8, 4) is 17.0 Å². The Morgan fingerprint density at radius 3 is 1.64 bits per heavy atom. The van der Waals surface area contributed by atoms with Gasteiger partial charge in [-0.15, -0.1) is 0 Å². The second kappa shape index (κ2) is 18.5. The first-order chi connectivity index (χ1) is 16.3. The van der Waals surface area contributed by atoms with Gasteiger partial charge in [0.15, 0.2) is 0 Å². The van der Waals surface area contributed by atoms with E-state index in [2.05, 4.69) is 60.4 Å². The van der Waals surface area contributed by atoms with E-state index in [0.717, 1.165) is 42.1 Å². The molecule has 1 aromatic carbocycles. The first kappa shape index (κ1) is 27.3. The van der Waals surface area contributed by atoms with Crippen molar-refractivity contribution in [3.05, 3.63) is 42.1 Å². The van der Waals surface area contributed by atoms with Crippen molar-refractivity contribution in [3.63, 3.8) is 0 Å². The van der Waals surface area contributed by atoms with Crippen LogP contribution in [0, 0.1) is 0 Å². The zero-order chi connectivity index (χ0) is 23.4. The highest BCUT2D eigenvalue weighted by atomic mass is 16.5. The Morgan fingerprint density at radius 2 is 1.09 bits per heavy atom. The summed E-state index contributed by atoms with van der Waals surface area (Å²) < 4.78 is 5.93. The number of ether oxygens (including phenoxy) is 1. The number of nitrogens with zero attached hydrogens (tertiary/aromatic N) is 2. The molecule has 3 nitrogen and oxygen atoms in total. The minimum Gasteiger partial charge on any atom is -0.494 e. The molecule has 3 heteroatoms. The van der Waals surface area contributed by atoms with Crippen LogP contribution in [0.3, 0.4) is 0 Å². The largest absolute Gasteiger partial charge is 0.494 e. The highest BCUT2D eigenvalue weighted by Gasteiger charge is 2.03. The highest BCUT2D eigenvalue weighted by molar-refractivity contribution is 5.59. The molecule has 0 bridgehead atoms. The summed E-state index contributed by atoms with van der Waals surface area (Å²) in [5.41, 5.74) is 3.13. The van der Waals surface area contributed by atoms with Crippen LogP contribution in [0.25, 0.3) is 11.3 Å². The van der Waals surface area contributed by atoms with Crippen LogP contribution in [0.4, 0.5) is 0 Å². The van der Waals surface area contributed by atoms with E-state index in [4.69, 9.17) is 4.74 Å². The fourth-order valence-corrected chi connectivity index (χ4v) is 4.24. The summed E-state index contributed by atoms with van der Waals surface area (Å²) in [4.78, 5) is 0. The van der Waals surface area contributed by atoms with Gasteiger partial charge in [0.2, 0.25) is 0 Å². The van der Waals surface area contributed by atoms with Gasteiger partial charge < -0.3 is 4.74 Å². The summed E-state index contributed by atoms with van der Waals surface area (Å²) in [6.45, 7) is 5.35. The molecular weight excluding hydrogens is 404 g/mol. The predicted molar refractivity (Wildman–Crippen MR) is 142 cm³/mol. The van der Waals surface area contributed by atoms with E-state index in [0.29, 0.717) is 0 Å². The monoisotopic (exact) mass is 452 g/mol. The van der Waals surface area contributed by atoms with Crippen LogP contribution in [0.15, 0.2) is 36.4 Å². The Balaban J connectivity index is 1.57. The van der Waals surface area contributed by atoms with Crippen molar-refractivity contribution >= 4 is 0 Å². The number of unbranched alkanes of at least 4 members (excludes halogenated alkanes) is 14. The minimum atomic E-state index is 0.808. The van der Waals surface area contributed by atoms with Gasteiger partial charge in [0.1, 0.15) is 5.75 Å². The number of benzene rings is 1. The van der Waals surface area contributed by atoms with Crippen LogP contribution in [0.5, 0.6) is 5.75 Å². The molecule has 184 valence electrons. The second-order valence-corrected chi connectivity index (χ2v) is 9.48. The van der Waals surface area contributed by atoms with Crippen LogP contribution in [-0.2, 0) is 6.42 Å². The Labute approximate surface area is 203 Å². The normalized spacial score (nSPS) is 11.1. The third-order valence-corrected chi connectivity index (χ3v) is 6.42. The molecule has 0 unspecified atom stereocenters. The molecule has 33 heavy (non-hydrogen) atoms. The number of hydrogen-bond acceptors (Lipinski definition) is 3. The molecule has 0 radical (unpaired) electrons. The van der Waals surface area contributed by atoms with Crippen molar-refractivity contribution in [2.24, 2.45) is 0 Å². The topological polar surface area (TPSA) is 35.0 Å². The van der Waals surface area contributed by atoms with E-state index in [9.17, 15) is 0 Å². The zero-order valence-electron chi connectivity index (χ0n) is 21.5. The van der Waals surface area contributed by atoms with E-state index in [1.807, 2.05) is 0 Å². The molecule has 0 aliphatic heterocycles. The molecule has 0 amide bonds. The molecular formula is C30H48N2O. The third-order valence-electron chi connectivity index (χ3n) is 6.42. The van der Waals surface area contributed by atoms with Crippen molar-refractivity contribution < 1.29 is 4.74 Å². The molecule has 0 N–H and O–H groups in total. The maximum atomic E-state index is 5.93. The smallest absolute Gasteiger partial charge is 0.119 e. The van der Waals surface area contributed by atoms with Crippen molar-refractivity contribution in [1.82, 2.24) is 10.2 Å². The van der Waals surface area contributed by atoms with Crippen LogP contribution in [-0.4, -0.2) is 16.8 Å². The Hall–Kier alpha value is -1.90. The van der Waals surface area contributed by atoms with E-state index < -0.39 is 0 Å². The van der Waals surface area contributed by atoms with Crippen LogP contribution in [0.1, 0.15) is 122 Å². The van der Waals surface area contributed by atoms with E-state index in [1.165, 1.54) is 96.3 Å². The SMILES string of the molecule is CCCCCCCCCCCCOc1ccc(-c2ccc(CCCCCCCC)nn2)cc1. The van der Waals surface area contributed by atoms with E-state index >= 15 is 0 Å². The first-order valence-corrected chi connectivity index (χ1v) is 13.9. The number of rotatable bonds is 20. The number of hydrogen-bond donors (Lipinski definition) is 0. The number of aromatic nitrogens is 2. The van der Waals surface area contributed by atoms with Gasteiger partial charge in [-0.3, -0.25) is 0 Å². The molecule has 1 aromatic heterocycles. The van der Waals surface area contributed by atoms with Crippen molar-refractivity contribution in [1.29, 1.82) is 0 Å². The molecule has 0 atom stereocenters. The van der Waals surface area contributed by atoms with Gasteiger partial charge in [-0.2, -0.15) is 10.2 Å². The minimum absolute atomic E-state index is 0.808. The molecule has 0 aliphatic rings. The second-order valence-electron chi connectivity index (χ2n) is 9.48. The maximum Gasteiger partial charge on any atom is 0.119 e. The lowest BCUT2D eigenvalue weighted by Crippen LogP contribution is -1.98. The van der Waals surface area contributed by atoms with Gasteiger partial charge in [0.05, 0.1) is 18.0 Å². The lowest BCUT2D eigenvalue weighted by atomic mass is 10.1. The number of aryl methyl sites for hydroxylation is 1. The average molecular weight is 453 g/mol. The molecule has 0 saturated carbocycles. The van der Waals surface area contributed by atoms with E-state index in [-0.39, 0.29) is 0 Å². The summed E-state index contributed by atoms with van der Waals surface area (Å²) in [5, 5.41) is 8.89. The molecule has 0 fully saturated rings. The molecule has 0 spiro atoms. The average Bonchev–Trinajstić information content (AvgIpc) is 2.85. The van der Waals surface area contributed by atoms with Crippen LogP contribution in [0.2, 0.25) is 0 Å². The summed E-state index contributed by atoms with van der Waals surface area (Å²) in [7, 11) is 0. The molecule has 2 aromatic rings. The molecule has 0 saturated heterocycles. The highest BCUT2D eigenvalue weighted by Crippen LogP contribution is 2.21.